The number of rotatable bonds is 3. The van der Waals surface area contributed by atoms with Gasteiger partial charge in [0.2, 0.25) is 0 Å². The van der Waals surface area contributed by atoms with Crippen LogP contribution in [0.2, 0.25) is 0 Å². The van der Waals surface area contributed by atoms with Crippen LogP contribution in [-0.4, -0.2) is 38.2 Å². The van der Waals surface area contributed by atoms with Gasteiger partial charge in [0.05, 0.1) is 5.69 Å². The first-order chi connectivity index (χ1) is 10.4. The van der Waals surface area contributed by atoms with Crippen LogP contribution in [0.3, 0.4) is 0 Å². The Morgan fingerprint density at radius 3 is 2.90 bits per heavy atom. The Balaban J connectivity index is 1.45. The monoisotopic (exact) mass is 299 g/mol. The molecule has 0 aromatic carbocycles. The summed E-state index contributed by atoms with van der Waals surface area (Å²) in [5, 5.41) is 11.8. The first-order valence-electron chi connectivity index (χ1n) is 7.28. The highest BCUT2D eigenvalue weighted by molar-refractivity contribution is 7.07. The fourth-order valence-electron chi connectivity index (χ4n) is 3.07. The van der Waals surface area contributed by atoms with Crippen molar-refractivity contribution in [1.29, 1.82) is 0 Å². The number of piperidine rings is 1. The van der Waals surface area contributed by atoms with Crippen molar-refractivity contribution in [3.8, 4) is 0 Å². The van der Waals surface area contributed by atoms with Crippen molar-refractivity contribution >= 4 is 22.5 Å². The van der Waals surface area contributed by atoms with E-state index in [0.717, 1.165) is 49.3 Å². The van der Waals surface area contributed by atoms with E-state index >= 15 is 0 Å². The minimum Gasteiger partial charge on any atom is -0.299 e. The summed E-state index contributed by atoms with van der Waals surface area (Å²) in [6.45, 7) is 3.32. The topological polar surface area (TPSA) is 57.7 Å². The maximum atomic E-state index is 4.43. The Hall–Kier alpha value is -1.79. The first-order valence-corrected chi connectivity index (χ1v) is 8.23. The number of fused-ring (bicyclic) bond motifs is 1. The normalized spacial score (nSPS) is 17.5. The third-order valence-electron chi connectivity index (χ3n) is 4.20. The van der Waals surface area contributed by atoms with Crippen LogP contribution >= 0.6 is 11.3 Å². The van der Waals surface area contributed by atoms with Gasteiger partial charge in [0.15, 0.2) is 5.65 Å². The number of nitrogens with one attached hydrogen (secondary N) is 1. The molecular formula is C15H17N5S. The van der Waals surface area contributed by atoms with Crippen molar-refractivity contribution in [2.24, 2.45) is 0 Å². The van der Waals surface area contributed by atoms with Gasteiger partial charge < -0.3 is 0 Å². The van der Waals surface area contributed by atoms with E-state index < -0.39 is 0 Å². The molecule has 3 aromatic heterocycles. The summed E-state index contributed by atoms with van der Waals surface area (Å²) >= 11 is 1.77. The number of hydrogen-bond acceptors (Lipinski definition) is 5. The van der Waals surface area contributed by atoms with E-state index in [-0.39, 0.29) is 0 Å². The molecule has 4 rings (SSSR count). The molecule has 108 valence electrons. The van der Waals surface area contributed by atoms with Gasteiger partial charge in [-0.3, -0.25) is 10.00 Å². The molecule has 0 atom stereocenters. The van der Waals surface area contributed by atoms with Crippen LogP contribution in [0, 0.1) is 0 Å². The molecule has 6 heteroatoms. The highest BCUT2D eigenvalue weighted by atomic mass is 32.1. The maximum Gasteiger partial charge on any atom is 0.199 e. The van der Waals surface area contributed by atoms with Crippen molar-refractivity contribution in [3.63, 3.8) is 0 Å². The van der Waals surface area contributed by atoms with Crippen molar-refractivity contribution in [2.45, 2.75) is 25.3 Å². The lowest BCUT2D eigenvalue weighted by molar-refractivity contribution is 0.204. The highest BCUT2D eigenvalue weighted by Crippen LogP contribution is 2.30. The Kier molecular flexibility index (Phi) is 3.40. The lowest BCUT2D eigenvalue weighted by Gasteiger charge is -2.31. The van der Waals surface area contributed by atoms with Crippen molar-refractivity contribution in [3.05, 3.63) is 40.5 Å². The molecule has 21 heavy (non-hydrogen) atoms. The largest absolute Gasteiger partial charge is 0.299 e. The van der Waals surface area contributed by atoms with E-state index in [1.54, 1.807) is 23.7 Å². The number of aromatic nitrogens is 4. The second-order valence-electron chi connectivity index (χ2n) is 5.55. The Labute approximate surface area is 127 Å². The molecule has 1 aliphatic heterocycles. The van der Waals surface area contributed by atoms with Gasteiger partial charge in [0, 0.05) is 24.9 Å². The second-order valence-corrected chi connectivity index (χ2v) is 6.33. The molecule has 1 saturated heterocycles. The van der Waals surface area contributed by atoms with Crippen molar-refractivity contribution in [2.75, 3.05) is 13.1 Å². The Morgan fingerprint density at radius 1 is 1.24 bits per heavy atom. The lowest BCUT2D eigenvalue weighted by atomic mass is 9.93. The number of aromatic amines is 1. The zero-order chi connectivity index (χ0) is 14.1. The van der Waals surface area contributed by atoms with Gasteiger partial charge >= 0.3 is 0 Å². The SMILES string of the molecule is c1cnc2c(C3CCN(Cc4ccsc4)CC3)[nH]nc2n1. The maximum absolute atomic E-state index is 4.43. The zero-order valence-corrected chi connectivity index (χ0v) is 12.5. The van der Waals surface area contributed by atoms with Crippen molar-refractivity contribution < 1.29 is 0 Å². The number of hydrogen-bond donors (Lipinski definition) is 1. The minimum absolute atomic E-state index is 0.519. The third-order valence-corrected chi connectivity index (χ3v) is 4.93. The Morgan fingerprint density at radius 2 is 2.10 bits per heavy atom. The summed E-state index contributed by atoms with van der Waals surface area (Å²) in [7, 11) is 0. The molecule has 1 aliphatic rings. The quantitative estimate of drug-likeness (QED) is 0.808. The van der Waals surface area contributed by atoms with Gasteiger partial charge in [0.1, 0.15) is 5.52 Å². The fraction of sp³-hybridized carbons (Fsp3) is 0.400. The van der Waals surface area contributed by atoms with Gasteiger partial charge in [-0.15, -0.1) is 0 Å². The van der Waals surface area contributed by atoms with Crippen LogP contribution in [0.25, 0.3) is 11.2 Å². The fourth-order valence-corrected chi connectivity index (χ4v) is 3.73. The molecule has 0 aliphatic carbocycles. The first kappa shape index (κ1) is 12.9. The van der Waals surface area contributed by atoms with E-state index in [9.17, 15) is 0 Å². The zero-order valence-electron chi connectivity index (χ0n) is 11.7. The van der Waals surface area contributed by atoms with E-state index in [1.807, 2.05) is 0 Å². The predicted octanol–water partition coefficient (Wildman–Crippen LogP) is 2.79. The molecule has 0 saturated carbocycles. The summed E-state index contributed by atoms with van der Waals surface area (Å²) in [6.07, 6.45) is 5.74. The van der Waals surface area contributed by atoms with E-state index in [0.29, 0.717) is 5.92 Å². The predicted molar refractivity (Wildman–Crippen MR) is 83.3 cm³/mol. The average Bonchev–Trinajstić information content (AvgIpc) is 3.17. The van der Waals surface area contributed by atoms with Gasteiger partial charge in [-0.05, 0) is 48.3 Å². The number of nitrogens with zero attached hydrogens (tertiary/aromatic N) is 4. The summed E-state index contributed by atoms with van der Waals surface area (Å²) in [5.41, 5.74) is 4.26. The van der Waals surface area contributed by atoms with Gasteiger partial charge in [-0.2, -0.15) is 16.4 Å². The molecule has 0 spiro atoms. The molecule has 1 N–H and O–H groups in total. The smallest absolute Gasteiger partial charge is 0.199 e. The number of thiophene rings is 1. The van der Waals surface area contributed by atoms with Crippen LogP contribution in [0.4, 0.5) is 0 Å². The van der Waals surface area contributed by atoms with E-state index in [1.165, 1.54) is 5.56 Å². The molecule has 0 unspecified atom stereocenters. The molecule has 0 radical (unpaired) electrons. The number of likely N-dealkylation sites (tertiary alicyclic amines) is 1. The standard InChI is InChI=1S/C15H17N5S/c1-6-20(9-11-3-8-21-10-11)7-2-12(1)13-14-15(19-18-13)17-5-4-16-14/h3-5,8,10,12H,1-2,6-7,9H2,(H,17,18,19). The number of H-pyrrole nitrogens is 1. The second kappa shape index (κ2) is 5.54. The molecule has 1 fully saturated rings. The molecule has 4 heterocycles. The van der Waals surface area contributed by atoms with Gasteiger partial charge in [-0.1, -0.05) is 0 Å². The van der Waals surface area contributed by atoms with Crippen LogP contribution < -0.4 is 0 Å². The summed E-state index contributed by atoms with van der Waals surface area (Å²) in [5.74, 6) is 0.519. The van der Waals surface area contributed by atoms with E-state index in [4.69, 9.17) is 0 Å². The summed E-state index contributed by atoms with van der Waals surface area (Å²) in [4.78, 5) is 11.2. The van der Waals surface area contributed by atoms with E-state index in [2.05, 4.69) is 41.9 Å². The molecular weight excluding hydrogens is 282 g/mol. The molecule has 0 amide bonds. The molecule has 5 nitrogen and oxygen atoms in total. The summed E-state index contributed by atoms with van der Waals surface area (Å²) < 4.78 is 0. The van der Waals surface area contributed by atoms with Crippen LogP contribution in [0.5, 0.6) is 0 Å². The third kappa shape index (κ3) is 2.56. The van der Waals surface area contributed by atoms with Crippen LogP contribution in [0.15, 0.2) is 29.2 Å². The average molecular weight is 299 g/mol. The van der Waals surface area contributed by atoms with Gasteiger partial charge in [0.25, 0.3) is 0 Å². The highest BCUT2D eigenvalue weighted by Gasteiger charge is 2.24. The molecule has 3 aromatic rings. The minimum atomic E-state index is 0.519. The lowest BCUT2D eigenvalue weighted by Crippen LogP contribution is -2.32. The van der Waals surface area contributed by atoms with Crippen molar-refractivity contribution in [1.82, 2.24) is 25.1 Å². The molecule has 0 bridgehead atoms. The summed E-state index contributed by atoms with van der Waals surface area (Å²) in [6, 6.07) is 2.22. The van der Waals surface area contributed by atoms with Crippen LogP contribution in [0.1, 0.15) is 30.0 Å². The Bertz CT molecular complexity index is 713. The van der Waals surface area contributed by atoms with Crippen LogP contribution in [-0.2, 0) is 6.54 Å². The van der Waals surface area contributed by atoms with Gasteiger partial charge in [-0.25, -0.2) is 9.97 Å².